The van der Waals surface area contributed by atoms with E-state index in [9.17, 15) is 0 Å². The van der Waals surface area contributed by atoms with Gasteiger partial charge in [0.15, 0.2) is 0 Å². The van der Waals surface area contributed by atoms with Crippen molar-refractivity contribution in [2.24, 2.45) is 0 Å². The highest BCUT2D eigenvalue weighted by molar-refractivity contribution is 6.92. The quantitative estimate of drug-likeness (QED) is 0.449. The molecule has 1 aliphatic carbocycles. The van der Waals surface area contributed by atoms with Gasteiger partial charge in [-0.15, -0.1) is 0 Å². The van der Waals surface area contributed by atoms with Gasteiger partial charge in [0.1, 0.15) is 0 Å². The summed E-state index contributed by atoms with van der Waals surface area (Å²) in [4.78, 5) is 0. The lowest BCUT2D eigenvalue weighted by Crippen LogP contribution is -2.06. The summed E-state index contributed by atoms with van der Waals surface area (Å²) in [6, 6.07) is 1.48. The predicted octanol–water partition coefficient (Wildman–Crippen LogP) is 2.57. The lowest BCUT2D eigenvalue weighted by Gasteiger charge is -2.04. The van der Waals surface area contributed by atoms with Crippen LogP contribution in [0.5, 0.6) is 0 Å². The van der Waals surface area contributed by atoms with Crippen molar-refractivity contribution in [3.63, 3.8) is 0 Å². The van der Waals surface area contributed by atoms with Crippen LogP contribution in [-0.2, 0) is 0 Å². The van der Waals surface area contributed by atoms with Gasteiger partial charge >= 0.3 is 0 Å². The standard InChI is InChI=1S/C8H12Si/c1-9(2)7-8(9)5-3-4-6-8/h3-6H,7H2,1-2H3. The van der Waals surface area contributed by atoms with Crippen LogP contribution < -0.4 is 0 Å². The number of hydrogen-bond donors (Lipinski definition) is 0. The summed E-state index contributed by atoms with van der Waals surface area (Å²) in [5.74, 6) is 0. The molecule has 1 heterocycles. The molecule has 0 nitrogen and oxygen atoms in total. The Morgan fingerprint density at radius 2 is 1.67 bits per heavy atom. The minimum absolute atomic E-state index is 0.618. The molecule has 0 amide bonds. The first-order valence-corrected chi connectivity index (χ1v) is 6.74. The van der Waals surface area contributed by atoms with E-state index in [0.29, 0.717) is 5.04 Å². The molecule has 0 aromatic carbocycles. The molecule has 0 aromatic heterocycles. The van der Waals surface area contributed by atoms with Crippen molar-refractivity contribution in [2.75, 3.05) is 0 Å². The van der Waals surface area contributed by atoms with Gasteiger partial charge in [0.05, 0.1) is 8.07 Å². The molecule has 48 valence electrons. The smallest absolute Gasteiger partial charge is 0.0632 e. The third-order valence-corrected chi connectivity index (χ3v) is 6.84. The maximum atomic E-state index is 2.47. The normalized spacial score (nSPS) is 31.8. The van der Waals surface area contributed by atoms with Crippen LogP contribution in [0, 0.1) is 0 Å². The Hall–Kier alpha value is -0.303. The van der Waals surface area contributed by atoms with E-state index in [-0.39, 0.29) is 0 Å². The van der Waals surface area contributed by atoms with E-state index in [1.807, 2.05) is 0 Å². The predicted molar refractivity (Wildman–Crippen MR) is 43.3 cm³/mol. The molecule has 0 bridgehead atoms. The number of hydrogen-bond acceptors (Lipinski definition) is 0. The van der Waals surface area contributed by atoms with Gasteiger partial charge in [-0.1, -0.05) is 37.4 Å². The third kappa shape index (κ3) is 0.531. The summed E-state index contributed by atoms with van der Waals surface area (Å²) < 4.78 is 0. The average molecular weight is 136 g/mol. The van der Waals surface area contributed by atoms with Crippen LogP contribution in [0.25, 0.3) is 0 Å². The Labute approximate surface area is 57.3 Å². The molecular formula is C8H12Si. The molecule has 1 fully saturated rings. The van der Waals surface area contributed by atoms with E-state index in [4.69, 9.17) is 0 Å². The molecule has 0 aromatic rings. The van der Waals surface area contributed by atoms with Crippen molar-refractivity contribution in [3.05, 3.63) is 24.3 Å². The molecule has 1 aliphatic heterocycles. The Bertz CT molecular complexity index is 187. The molecule has 0 N–H and O–H groups in total. The number of rotatable bonds is 0. The fourth-order valence-electron chi connectivity index (χ4n) is 1.77. The first-order valence-electron chi connectivity index (χ1n) is 3.53. The van der Waals surface area contributed by atoms with E-state index in [1.54, 1.807) is 0 Å². The van der Waals surface area contributed by atoms with E-state index < -0.39 is 8.07 Å². The number of allylic oxidation sites excluding steroid dienone is 4. The van der Waals surface area contributed by atoms with Crippen LogP contribution in [0.3, 0.4) is 0 Å². The summed E-state index contributed by atoms with van der Waals surface area (Å²) in [5, 5.41) is 0.618. The molecule has 2 rings (SSSR count). The van der Waals surface area contributed by atoms with Crippen molar-refractivity contribution in [1.82, 2.24) is 0 Å². The zero-order valence-electron chi connectivity index (χ0n) is 6.02. The van der Waals surface area contributed by atoms with Gasteiger partial charge in [-0.2, -0.15) is 0 Å². The molecule has 0 radical (unpaired) electrons. The minimum atomic E-state index is -0.752. The molecule has 0 atom stereocenters. The molecule has 2 aliphatic rings. The molecule has 0 unspecified atom stereocenters. The first kappa shape index (κ1) is 5.48. The fraction of sp³-hybridized carbons (Fsp3) is 0.500. The van der Waals surface area contributed by atoms with Crippen molar-refractivity contribution >= 4 is 8.07 Å². The maximum absolute atomic E-state index is 2.47. The minimum Gasteiger partial charge on any atom is -0.0776 e. The molecule has 0 saturated carbocycles. The maximum Gasteiger partial charge on any atom is 0.0632 e. The van der Waals surface area contributed by atoms with Crippen molar-refractivity contribution < 1.29 is 0 Å². The van der Waals surface area contributed by atoms with E-state index in [2.05, 4.69) is 37.4 Å². The molecule has 1 spiro atoms. The second kappa shape index (κ2) is 1.24. The summed E-state index contributed by atoms with van der Waals surface area (Å²) in [7, 11) is -0.752. The van der Waals surface area contributed by atoms with Gasteiger partial charge in [0, 0.05) is 0 Å². The summed E-state index contributed by atoms with van der Waals surface area (Å²) in [5.41, 5.74) is 0. The molecule has 9 heavy (non-hydrogen) atoms. The average Bonchev–Trinajstić information content (AvgIpc) is 2.27. The molecule has 1 heteroatoms. The highest BCUT2D eigenvalue weighted by Crippen LogP contribution is 2.66. The van der Waals surface area contributed by atoms with Gasteiger partial charge in [0.2, 0.25) is 0 Å². The van der Waals surface area contributed by atoms with Gasteiger partial charge in [-0.3, -0.25) is 0 Å². The van der Waals surface area contributed by atoms with Gasteiger partial charge in [0.25, 0.3) is 0 Å². The SMILES string of the molecule is C[Si]1(C)CC12C=CC=C2. The first-order chi connectivity index (χ1) is 4.16. The molecular weight excluding hydrogens is 124 g/mol. The van der Waals surface area contributed by atoms with E-state index in [1.165, 1.54) is 6.04 Å². The van der Waals surface area contributed by atoms with Crippen LogP contribution in [-0.4, -0.2) is 8.07 Å². The van der Waals surface area contributed by atoms with Crippen LogP contribution in [0.1, 0.15) is 0 Å². The van der Waals surface area contributed by atoms with Gasteiger partial charge in [-0.05, 0) is 11.1 Å². The van der Waals surface area contributed by atoms with Crippen LogP contribution in [0.15, 0.2) is 24.3 Å². The Kier molecular flexibility index (Phi) is 0.754. The van der Waals surface area contributed by atoms with Gasteiger partial charge in [-0.25, -0.2) is 0 Å². The van der Waals surface area contributed by atoms with Crippen LogP contribution >= 0.6 is 0 Å². The summed E-state index contributed by atoms with van der Waals surface area (Å²) in [6.45, 7) is 4.93. The lowest BCUT2D eigenvalue weighted by molar-refractivity contribution is 1.12. The topological polar surface area (TPSA) is 0 Å². The summed E-state index contributed by atoms with van der Waals surface area (Å²) in [6.07, 6.45) is 9.17. The highest BCUT2D eigenvalue weighted by atomic mass is 28.3. The van der Waals surface area contributed by atoms with E-state index >= 15 is 0 Å². The van der Waals surface area contributed by atoms with Crippen molar-refractivity contribution in [2.45, 2.75) is 24.2 Å². The second-order valence-electron chi connectivity index (χ2n) is 3.82. The third-order valence-electron chi connectivity index (χ3n) is 2.77. The van der Waals surface area contributed by atoms with Crippen molar-refractivity contribution in [3.8, 4) is 0 Å². The Morgan fingerprint density at radius 1 is 1.22 bits per heavy atom. The summed E-state index contributed by atoms with van der Waals surface area (Å²) >= 11 is 0. The lowest BCUT2D eigenvalue weighted by atomic mass is 10.2. The van der Waals surface area contributed by atoms with Crippen molar-refractivity contribution in [1.29, 1.82) is 0 Å². The Morgan fingerprint density at radius 3 is 1.89 bits per heavy atom. The fourth-order valence-corrected chi connectivity index (χ4v) is 5.53. The van der Waals surface area contributed by atoms with Crippen LogP contribution in [0.4, 0.5) is 0 Å². The zero-order chi connectivity index (χ0) is 6.54. The van der Waals surface area contributed by atoms with E-state index in [0.717, 1.165) is 0 Å². The molecule has 1 saturated heterocycles. The zero-order valence-corrected chi connectivity index (χ0v) is 7.02. The van der Waals surface area contributed by atoms with Gasteiger partial charge < -0.3 is 0 Å². The monoisotopic (exact) mass is 136 g/mol. The largest absolute Gasteiger partial charge is 0.0776 e. The highest BCUT2D eigenvalue weighted by Gasteiger charge is 2.59. The second-order valence-corrected chi connectivity index (χ2v) is 8.87. The van der Waals surface area contributed by atoms with Crippen LogP contribution in [0.2, 0.25) is 24.2 Å². The Balaban J connectivity index is 2.34.